The molecule has 0 aromatic carbocycles. The van der Waals surface area contributed by atoms with Crippen molar-refractivity contribution in [2.24, 2.45) is 11.8 Å². The molecule has 0 aliphatic heterocycles. The fraction of sp³-hybridized carbons (Fsp3) is 0.588. The molecule has 6 nitrogen and oxygen atoms in total. The van der Waals surface area contributed by atoms with E-state index in [0.29, 0.717) is 17.1 Å². The standard InChI is InChI=1S/C17H22N2O4/c1-23-16(21)12-8-6-11(7-9-12)10-19-15(20)13-4-2-3-5-14(13)18-17(19)22/h4-5,11-12H,2-3,6-10H2,1H3,(H,18,22). The number of hydrogen-bond donors (Lipinski definition) is 1. The van der Waals surface area contributed by atoms with Crippen LogP contribution in [-0.4, -0.2) is 22.6 Å². The number of hydrogen-bond acceptors (Lipinski definition) is 4. The summed E-state index contributed by atoms with van der Waals surface area (Å²) in [5.74, 6) is 0.0513. The molecule has 0 radical (unpaired) electrons. The molecule has 0 spiro atoms. The van der Waals surface area contributed by atoms with Gasteiger partial charge in [0.2, 0.25) is 0 Å². The van der Waals surface area contributed by atoms with Gasteiger partial charge >= 0.3 is 11.7 Å². The van der Waals surface area contributed by atoms with E-state index in [-0.39, 0.29) is 29.1 Å². The van der Waals surface area contributed by atoms with Crippen molar-refractivity contribution in [3.05, 3.63) is 31.4 Å². The molecule has 0 amide bonds. The molecule has 3 rings (SSSR count). The maximum absolute atomic E-state index is 12.5. The Labute approximate surface area is 133 Å². The second kappa shape index (κ2) is 6.56. The van der Waals surface area contributed by atoms with E-state index in [2.05, 4.69) is 4.98 Å². The van der Waals surface area contributed by atoms with Crippen LogP contribution in [0.25, 0.3) is 12.2 Å². The molecule has 1 aromatic heterocycles. The van der Waals surface area contributed by atoms with Crippen molar-refractivity contribution in [3.63, 3.8) is 0 Å². The molecule has 124 valence electrons. The van der Waals surface area contributed by atoms with Gasteiger partial charge in [0.1, 0.15) is 0 Å². The van der Waals surface area contributed by atoms with Gasteiger partial charge in [0.05, 0.1) is 23.6 Å². The van der Waals surface area contributed by atoms with Gasteiger partial charge in [-0.1, -0.05) is 12.2 Å². The molecule has 1 aromatic rings. The lowest BCUT2D eigenvalue weighted by molar-refractivity contribution is -0.146. The number of H-pyrrole nitrogens is 1. The molecule has 1 N–H and O–H groups in total. The number of carbonyl (C=O) groups excluding carboxylic acids is 1. The first-order valence-electron chi connectivity index (χ1n) is 8.21. The van der Waals surface area contributed by atoms with Crippen LogP contribution in [0.2, 0.25) is 0 Å². The summed E-state index contributed by atoms with van der Waals surface area (Å²) in [6.07, 6.45) is 8.67. The number of esters is 1. The Hall–Kier alpha value is -2.11. The minimum Gasteiger partial charge on any atom is -0.469 e. The molecule has 0 atom stereocenters. The van der Waals surface area contributed by atoms with Crippen LogP contribution >= 0.6 is 0 Å². The third-order valence-corrected chi connectivity index (χ3v) is 4.94. The lowest BCUT2D eigenvalue weighted by atomic mass is 9.82. The number of carbonyl (C=O) groups is 1. The van der Waals surface area contributed by atoms with E-state index in [1.807, 2.05) is 12.2 Å². The molecule has 2 aliphatic carbocycles. The van der Waals surface area contributed by atoms with Crippen LogP contribution < -0.4 is 21.8 Å². The fourth-order valence-electron chi connectivity index (χ4n) is 3.59. The van der Waals surface area contributed by atoms with Crippen molar-refractivity contribution >= 4 is 18.1 Å². The Morgan fingerprint density at radius 1 is 1.22 bits per heavy atom. The Morgan fingerprint density at radius 2 is 1.91 bits per heavy atom. The Bertz CT molecular complexity index is 826. The van der Waals surface area contributed by atoms with Crippen LogP contribution in [0.15, 0.2) is 9.59 Å². The summed E-state index contributed by atoms with van der Waals surface area (Å²) in [7, 11) is 1.41. The summed E-state index contributed by atoms with van der Waals surface area (Å²) in [4.78, 5) is 39.1. The first kappa shape index (κ1) is 15.8. The van der Waals surface area contributed by atoms with Crippen LogP contribution in [0.3, 0.4) is 0 Å². The molecular formula is C17H22N2O4. The van der Waals surface area contributed by atoms with Crippen molar-refractivity contribution in [2.75, 3.05) is 7.11 Å². The van der Waals surface area contributed by atoms with Gasteiger partial charge in [-0.05, 0) is 44.4 Å². The highest BCUT2D eigenvalue weighted by molar-refractivity contribution is 5.72. The number of fused-ring (bicyclic) bond motifs is 1. The lowest BCUT2D eigenvalue weighted by Crippen LogP contribution is -2.55. The normalized spacial score (nSPS) is 23.3. The average molecular weight is 318 g/mol. The molecule has 1 saturated carbocycles. The first-order valence-corrected chi connectivity index (χ1v) is 8.21. The lowest BCUT2D eigenvalue weighted by Gasteiger charge is -2.27. The van der Waals surface area contributed by atoms with Crippen molar-refractivity contribution < 1.29 is 9.53 Å². The van der Waals surface area contributed by atoms with Gasteiger partial charge in [-0.3, -0.25) is 14.2 Å². The minimum absolute atomic E-state index is 0.0438. The van der Waals surface area contributed by atoms with Crippen LogP contribution in [0, 0.1) is 11.8 Å². The van der Waals surface area contributed by atoms with Gasteiger partial charge in [0.25, 0.3) is 5.56 Å². The molecule has 0 saturated heterocycles. The molecule has 1 heterocycles. The summed E-state index contributed by atoms with van der Waals surface area (Å²) in [6.45, 7) is 0.420. The monoisotopic (exact) mass is 318 g/mol. The SMILES string of the molecule is COC(=O)C1CCC(Cn2c(=O)[nH]c3c(c2=O)=CCCC=3)CC1. The summed E-state index contributed by atoms with van der Waals surface area (Å²) < 4.78 is 6.10. The molecule has 0 bridgehead atoms. The highest BCUT2D eigenvalue weighted by atomic mass is 16.5. The first-order chi connectivity index (χ1) is 11.1. The van der Waals surface area contributed by atoms with Gasteiger partial charge in [0.15, 0.2) is 0 Å². The zero-order valence-corrected chi connectivity index (χ0v) is 13.3. The third kappa shape index (κ3) is 3.16. The van der Waals surface area contributed by atoms with Crippen LogP contribution in [0.4, 0.5) is 0 Å². The van der Waals surface area contributed by atoms with Gasteiger partial charge in [-0.2, -0.15) is 0 Å². The largest absolute Gasteiger partial charge is 0.469 e. The fourth-order valence-corrected chi connectivity index (χ4v) is 3.59. The van der Waals surface area contributed by atoms with E-state index in [1.165, 1.54) is 11.7 Å². The highest BCUT2D eigenvalue weighted by Gasteiger charge is 2.27. The molecule has 2 aliphatic rings. The zero-order chi connectivity index (χ0) is 16.4. The number of rotatable bonds is 3. The smallest absolute Gasteiger partial charge is 0.328 e. The van der Waals surface area contributed by atoms with Crippen LogP contribution in [-0.2, 0) is 16.1 Å². The summed E-state index contributed by atoms with van der Waals surface area (Å²) in [5, 5.41) is 1.26. The topological polar surface area (TPSA) is 81.2 Å². The zero-order valence-electron chi connectivity index (χ0n) is 13.3. The summed E-state index contributed by atoms with van der Waals surface area (Å²) in [5.41, 5.74) is -0.537. The molecule has 1 fully saturated rings. The summed E-state index contributed by atoms with van der Waals surface area (Å²) in [6, 6.07) is 0. The molecular weight excluding hydrogens is 296 g/mol. The predicted octanol–water partition coefficient (Wildman–Crippen LogP) is -0.129. The van der Waals surface area contributed by atoms with E-state index < -0.39 is 0 Å². The molecule has 23 heavy (non-hydrogen) atoms. The minimum atomic E-state index is -0.338. The van der Waals surface area contributed by atoms with Crippen molar-refractivity contribution in [1.82, 2.24) is 9.55 Å². The number of ether oxygens (including phenoxy) is 1. The number of aromatic nitrogens is 2. The van der Waals surface area contributed by atoms with E-state index in [4.69, 9.17) is 4.74 Å². The predicted molar refractivity (Wildman–Crippen MR) is 86.2 cm³/mol. The van der Waals surface area contributed by atoms with E-state index in [0.717, 1.165) is 38.5 Å². The van der Waals surface area contributed by atoms with Crippen LogP contribution in [0.5, 0.6) is 0 Å². The van der Waals surface area contributed by atoms with E-state index >= 15 is 0 Å². The van der Waals surface area contributed by atoms with Gasteiger partial charge in [-0.15, -0.1) is 0 Å². The summed E-state index contributed by atoms with van der Waals surface area (Å²) >= 11 is 0. The second-order valence-electron chi connectivity index (χ2n) is 6.40. The third-order valence-electron chi connectivity index (χ3n) is 4.94. The Balaban J connectivity index is 1.79. The Morgan fingerprint density at radius 3 is 2.61 bits per heavy atom. The highest BCUT2D eigenvalue weighted by Crippen LogP contribution is 2.29. The average Bonchev–Trinajstić information content (AvgIpc) is 2.58. The maximum Gasteiger partial charge on any atom is 0.328 e. The molecule has 6 heteroatoms. The van der Waals surface area contributed by atoms with Crippen molar-refractivity contribution in [1.29, 1.82) is 0 Å². The van der Waals surface area contributed by atoms with Crippen LogP contribution in [0.1, 0.15) is 38.5 Å². The van der Waals surface area contributed by atoms with Crippen molar-refractivity contribution in [2.45, 2.75) is 45.1 Å². The quantitative estimate of drug-likeness (QED) is 0.787. The van der Waals surface area contributed by atoms with Gasteiger partial charge in [0, 0.05) is 6.54 Å². The number of aromatic amines is 1. The number of nitrogens with one attached hydrogen (secondary N) is 1. The van der Waals surface area contributed by atoms with Gasteiger partial charge in [-0.25, -0.2) is 4.79 Å². The van der Waals surface area contributed by atoms with E-state index in [9.17, 15) is 14.4 Å². The maximum atomic E-state index is 12.5. The number of methoxy groups -OCH3 is 1. The van der Waals surface area contributed by atoms with E-state index in [1.54, 1.807) is 0 Å². The van der Waals surface area contributed by atoms with Crippen molar-refractivity contribution in [3.8, 4) is 0 Å². The van der Waals surface area contributed by atoms with Gasteiger partial charge < -0.3 is 9.72 Å². The number of nitrogens with zero attached hydrogens (tertiary/aromatic N) is 1. The molecule has 0 unspecified atom stereocenters. The Kier molecular flexibility index (Phi) is 4.50. The second-order valence-corrected chi connectivity index (χ2v) is 6.40.